The van der Waals surface area contributed by atoms with Gasteiger partial charge in [-0.05, 0) is 68.3 Å². The summed E-state index contributed by atoms with van der Waals surface area (Å²) >= 11 is 0. The summed E-state index contributed by atoms with van der Waals surface area (Å²) in [4.78, 5) is 16.6. The number of benzene rings is 1. The van der Waals surface area contributed by atoms with Gasteiger partial charge >= 0.3 is 0 Å². The molecule has 0 radical (unpaired) electrons. The van der Waals surface area contributed by atoms with Gasteiger partial charge in [-0.2, -0.15) is 0 Å². The third-order valence-electron chi connectivity index (χ3n) is 5.56. The molecule has 4 rings (SSSR count). The van der Waals surface area contributed by atoms with Crippen molar-refractivity contribution in [2.24, 2.45) is 13.0 Å². The third kappa shape index (κ3) is 3.56. The first-order valence-electron chi connectivity index (χ1n) is 10.3. The van der Waals surface area contributed by atoms with Crippen molar-refractivity contribution in [3.8, 4) is 0 Å². The second kappa shape index (κ2) is 6.92. The van der Waals surface area contributed by atoms with Crippen LogP contribution in [0.1, 0.15) is 39.2 Å². The van der Waals surface area contributed by atoms with Crippen LogP contribution < -0.4 is 10.5 Å². The van der Waals surface area contributed by atoms with E-state index in [1.165, 1.54) is 30.5 Å². The van der Waals surface area contributed by atoms with E-state index in [0.29, 0.717) is 6.90 Å². The molecule has 0 amide bonds. The number of pyridine rings is 1. The van der Waals surface area contributed by atoms with Gasteiger partial charge in [0, 0.05) is 52.0 Å². The molecule has 138 valence electrons. The number of aryl methyl sites for hydroxylation is 1. The Hall–Kier alpha value is -2.07. The Morgan fingerprint density at radius 3 is 2.77 bits per heavy atom. The fourth-order valence-electron chi connectivity index (χ4n) is 3.95. The molecule has 1 atom stereocenters. The van der Waals surface area contributed by atoms with Gasteiger partial charge in [0.2, 0.25) is 5.56 Å². The molecule has 26 heavy (non-hydrogen) atoms. The van der Waals surface area contributed by atoms with Gasteiger partial charge in [0.25, 0.3) is 0 Å². The molecule has 4 nitrogen and oxygen atoms in total. The lowest BCUT2D eigenvalue weighted by Crippen LogP contribution is -2.33. The van der Waals surface area contributed by atoms with E-state index in [1.807, 2.05) is 12.3 Å². The van der Waals surface area contributed by atoms with Gasteiger partial charge < -0.3 is 9.47 Å². The second-order valence-electron chi connectivity index (χ2n) is 7.94. The van der Waals surface area contributed by atoms with Gasteiger partial charge in [-0.15, -0.1) is 0 Å². The summed E-state index contributed by atoms with van der Waals surface area (Å²) < 4.78 is 9.53. The van der Waals surface area contributed by atoms with Gasteiger partial charge in [0.15, 0.2) is 0 Å². The zero-order valence-corrected chi connectivity index (χ0v) is 15.8. The van der Waals surface area contributed by atoms with Gasteiger partial charge in [0.05, 0.1) is 5.69 Å². The van der Waals surface area contributed by atoms with Crippen molar-refractivity contribution < 1.29 is 1.37 Å². The highest BCUT2D eigenvalue weighted by atomic mass is 16.1. The monoisotopic (exact) mass is 352 g/mol. The van der Waals surface area contributed by atoms with Crippen molar-refractivity contribution >= 4 is 11.4 Å². The van der Waals surface area contributed by atoms with Crippen molar-refractivity contribution in [2.75, 3.05) is 18.0 Å². The Bertz CT molecular complexity index is 874. The summed E-state index contributed by atoms with van der Waals surface area (Å²) in [5, 5.41) is 0. The number of aromatic nitrogens is 1. The number of fused-ring (bicyclic) bond motifs is 1. The first-order valence-corrected chi connectivity index (χ1v) is 9.64. The molecule has 2 heterocycles. The lowest BCUT2D eigenvalue weighted by molar-refractivity contribution is 0.244. The van der Waals surface area contributed by atoms with Gasteiger partial charge in [-0.3, -0.25) is 9.69 Å². The lowest BCUT2D eigenvalue weighted by Gasteiger charge is -2.33. The largest absolute Gasteiger partial charge is 0.338 e. The van der Waals surface area contributed by atoms with Crippen LogP contribution in [-0.2, 0) is 20.0 Å². The van der Waals surface area contributed by atoms with Crippen molar-refractivity contribution in [1.82, 2.24) is 9.47 Å². The van der Waals surface area contributed by atoms with Crippen LogP contribution in [0.2, 0.25) is 0 Å². The first kappa shape index (κ1) is 16.1. The zero-order valence-electron chi connectivity index (χ0n) is 16.8. The maximum Gasteiger partial charge on any atom is 0.250 e. The quantitative estimate of drug-likeness (QED) is 0.821. The molecule has 0 N–H and O–H groups in total. The van der Waals surface area contributed by atoms with Crippen molar-refractivity contribution in [1.29, 1.82) is 0 Å². The summed E-state index contributed by atoms with van der Waals surface area (Å²) in [7, 11) is 1.78. The molecule has 1 aliphatic heterocycles. The minimum Gasteiger partial charge on any atom is -0.338 e. The van der Waals surface area contributed by atoms with Gasteiger partial charge in [0.1, 0.15) is 0 Å². The minimum absolute atomic E-state index is 0.0154. The summed E-state index contributed by atoms with van der Waals surface area (Å²) in [5.41, 5.74) is 4.91. The maximum absolute atomic E-state index is 11.8. The molecule has 2 aromatic rings. The third-order valence-corrected chi connectivity index (χ3v) is 5.56. The summed E-state index contributed by atoms with van der Waals surface area (Å²) in [6, 6.07) is 10.2. The highest BCUT2D eigenvalue weighted by molar-refractivity contribution is 5.64. The molecule has 2 aliphatic rings. The summed E-state index contributed by atoms with van der Waals surface area (Å²) in [5.74, 6) is 0.917. The van der Waals surface area contributed by atoms with Crippen molar-refractivity contribution in [3.05, 3.63) is 58.0 Å². The van der Waals surface area contributed by atoms with Crippen LogP contribution in [0, 0.1) is 5.92 Å². The van der Waals surface area contributed by atoms with Crippen LogP contribution in [-0.4, -0.2) is 28.6 Å². The smallest absolute Gasteiger partial charge is 0.250 e. The fraction of sp³-hybridized carbons (Fsp3) is 0.500. The topological polar surface area (TPSA) is 28.5 Å². The van der Waals surface area contributed by atoms with E-state index in [1.54, 1.807) is 17.7 Å². The average molecular weight is 353 g/mol. The molecule has 1 fully saturated rings. The summed E-state index contributed by atoms with van der Waals surface area (Å²) in [6.45, 7) is 5.79. The van der Waals surface area contributed by atoms with Gasteiger partial charge in [-0.25, -0.2) is 0 Å². The number of nitrogens with zero attached hydrogens (tertiary/aromatic N) is 3. The van der Waals surface area contributed by atoms with E-state index in [-0.39, 0.29) is 11.6 Å². The number of rotatable bonds is 5. The normalized spacial score (nSPS) is 18.9. The molecule has 1 aliphatic carbocycles. The molecule has 0 spiro atoms. The predicted octanol–water partition coefficient (Wildman–Crippen LogP) is 3.70. The van der Waals surface area contributed by atoms with Crippen LogP contribution in [0.5, 0.6) is 0 Å². The average Bonchev–Trinajstić information content (AvgIpc) is 3.48. The van der Waals surface area contributed by atoms with E-state index in [2.05, 4.69) is 34.9 Å². The minimum atomic E-state index is -0.0154. The standard InChI is InChI=1S/C22H29N3O/c1-16(2)25(21-8-9-22(26)23(3)15-21)20-7-6-18-10-11-24(13-17-4-5-17)14-19(18)12-20/h6-9,12,15-17H,4-5,10-11,13-14H2,1-3H3/i1D. The first-order chi connectivity index (χ1) is 13.0. The Balaban J connectivity index is 1.66. The molecule has 4 heteroatoms. The molecule has 1 unspecified atom stereocenters. The van der Waals surface area contributed by atoms with Crippen LogP contribution in [0.3, 0.4) is 0 Å². The number of hydrogen-bond donors (Lipinski definition) is 0. The van der Waals surface area contributed by atoms with E-state index < -0.39 is 0 Å². The maximum atomic E-state index is 11.8. The molecule has 1 saturated carbocycles. The molecule has 1 aromatic carbocycles. The van der Waals surface area contributed by atoms with E-state index in [9.17, 15) is 4.79 Å². The van der Waals surface area contributed by atoms with E-state index >= 15 is 0 Å². The number of hydrogen-bond acceptors (Lipinski definition) is 3. The van der Waals surface area contributed by atoms with E-state index in [4.69, 9.17) is 1.37 Å². The van der Waals surface area contributed by atoms with E-state index in [0.717, 1.165) is 36.8 Å². The highest BCUT2D eigenvalue weighted by Crippen LogP contribution is 2.34. The Kier molecular flexibility index (Phi) is 4.29. The van der Waals surface area contributed by atoms with Crippen LogP contribution >= 0.6 is 0 Å². The van der Waals surface area contributed by atoms with Gasteiger partial charge in [-0.1, -0.05) is 6.07 Å². The van der Waals surface area contributed by atoms with Crippen molar-refractivity contribution in [3.63, 3.8) is 0 Å². The molecule has 0 saturated heterocycles. The zero-order chi connectivity index (χ0) is 19.0. The molecule has 1 aromatic heterocycles. The van der Waals surface area contributed by atoms with Crippen LogP contribution in [0.25, 0.3) is 0 Å². The Labute approximate surface area is 157 Å². The SMILES string of the molecule is [2H]CC(C)N(c1ccc2c(c1)CN(CC1CC1)CC2)c1ccc(=O)n(C)c1. The Morgan fingerprint density at radius 2 is 2.04 bits per heavy atom. The number of anilines is 2. The second-order valence-corrected chi connectivity index (χ2v) is 7.94. The fourth-order valence-corrected chi connectivity index (χ4v) is 3.95. The van der Waals surface area contributed by atoms with Crippen molar-refractivity contribution in [2.45, 2.75) is 45.7 Å². The van der Waals surface area contributed by atoms with Crippen LogP contribution in [0.4, 0.5) is 11.4 Å². The van der Waals surface area contributed by atoms with Crippen LogP contribution in [0.15, 0.2) is 41.3 Å². The molecule has 0 bridgehead atoms. The summed E-state index contributed by atoms with van der Waals surface area (Å²) in [6.07, 6.45) is 5.78. The molecular weight excluding hydrogens is 322 g/mol. The predicted molar refractivity (Wildman–Crippen MR) is 107 cm³/mol. The lowest BCUT2D eigenvalue weighted by atomic mass is 9.98. The highest BCUT2D eigenvalue weighted by Gasteiger charge is 2.26. The molecular formula is C22H29N3O. The Morgan fingerprint density at radius 1 is 1.23 bits per heavy atom.